The molecule has 2 heterocycles. The maximum Gasteiger partial charge on any atom is 0.180 e. The molecule has 74 valence electrons. The van der Waals surface area contributed by atoms with Crippen molar-refractivity contribution in [2.45, 2.75) is 19.8 Å². The van der Waals surface area contributed by atoms with E-state index in [0.717, 1.165) is 15.6 Å². The number of aromatic nitrogens is 2. The van der Waals surface area contributed by atoms with Gasteiger partial charge in [0.05, 0.1) is 15.6 Å². The van der Waals surface area contributed by atoms with Crippen molar-refractivity contribution in [2.24, 2.45) is 0 Å². The molecular weight excluding hydrogens is 214 g/mol. The molecule has 0 unspecified atom stereocenters. The third-order valence-corrected chi connectivity index (χ3v) is 3.79. The number of nitrogens with two attached hydrogens (primary N) is 1. The Hall–Kier alpha value is -0.940. The van der Waals surface area contributed by atoms with Gasteiger partial charge in [-0.1, -0.05) is 13.8 Å². The lowest BCUT2D eigenvalue weighted by atomic mass is 10.2. The Bertz CT molecular complexity index is 431. The molecule has 0 saturated heterocycles. The third kappa shape index (κ3) is 1.78. The molecular formula is C9H11N3S2. The van der Waals surface area contributed by atoms with Crippen LogP contribution in [0.5, 0.6) is 0 Å². The minimum atomic E-state index is 0.477. The smallest absolute Gasteiger partial charge is 0.180 e. The van der Waals surface area contributed by atoms with Crippen LogP contribution in [0.1, 0.15) is 24.8 Å². The van der Waals surface area contributed by atoms with Gasteiger partial charge in [0.15, 0.2) is 5.13 Å². The standard InChI is InChI=1S/C9H11N3S2/c1-5(2)8-11-3-7(14-8)6-4-13-9(10)12-6/h3-5H,1-2H3,(H2,10,12). The average Bonchev–Trinajstić information content (AvgIpc) is 2.70. The van der Waals surface area contributed by atoms with Gasteiger partial charge >= 0.3 is 0 Å². The lowest BCUT2D eigenvalue weighted by Gasteiger charge is -1.95. The highest BCUT2D eigenvalue weighted by atomic mass is 32.1. The average molecular weight is 225 g/mol. The van der Waals surface area contributed by atoms with Gasteiger partial charge in [-0.15, -0.1) is 22.7 Å². The molecule has 14 heavy (non-hydrogen) atoms. The van der Waals surface area contributed by atoms with Crippen LogP contribution in [-0.4, -0.2) is 9.97 Å². The van der Waals surface area contributed by atoms with E-state index in [2.05, 4.69) is 23.8 Å². The van der Waals surface area contributed by atoms with Crippen molar-refractivity contribution in [3.63, 3.8) is 0 Å². The molecule has 0 fully saturated rings. The summed E-state index contributed by atoms with van der Waals surface area (Å²) in [5, 5.41) is 3.72. The molecule has 0 saturated carbocycles. The van der Waals surface area contributed by atoms with E-state index in [1.54, 1.807) is 11.3 Å². The van der Waals surface area contributed by atoms with Crippen molar-refractivity contribution >= 4 is 27.8 Å². The summed E-state index contributed by atoms with van der Waals surface area (Å²) in [5.74, 6) is 0.477. The van der Waals surface area contributed by atoms with Crippen LogP contribution in [0.15, 0.2) is 11.6 Å². The van der Waals surface area contributed by atoms with Crippen LogP contribution in [0.2, 0.25) is 0 Å². The lowest BCUT2D eigenvalue weighted by Crippen LogP contribution is -1.81. The monoisotopic (exact) mass is 225 g/mol. The van der Waals surface area contributed by atoms with Gasteiger partial charge in [-0.05, 0) is 0 Å². The highest BCUT2D eigenvalue weighted by Gasteiger charge is 2.09. The Labute approximate surface area is 90.6 Å². The van der Waals surface area contributed by atoms with E-state index in [0.29, 0.717) is 11.0 Å². The van der Waals surface area contributed by atoms with Crippen molar-refractivity contribution < 1.29 is 0 Å². The van der Waals surface area contributed by atoms with Crippen molar-refractivity contribution in [1.29, 1.82) is 0 Å². The zero-order chi connectivity index (χ0) is 10.1. The lowest BCUT2D eigenvalue weighted by molar-refractivity contribution is 0.852. The summed E-state index contributed by atoms with van der Waals surface area (Å²) in [5.41, 5.74) is 6.52. The molecule has 0 amide bonds. The predicted octanol–water partition coefficient (Wildman–Crippen LogP) is 2.97. The van der Waals surface area contributed by atoms with Crippen molar-refractivity contribution in [3.8, 4) is 10.6 Å². The van der Waals surface area contributed by atoms with E-state index in [1.807, 2.05) is 11.6 Å². The first-order chi connectivity index (χ1) is 6.66. The van der Waals surface area contributed by atoms with Gasteiger partial charge in [0, 0.05) is 17.5 Å². The number of hydrogen-bond donors (Lipinski definition) is 1. The van der Waals surface area contributed by atoms with E-state index >= 15 is 0 Å². The van der Waals surface area contributed by atoms with Gasteiger partial charge in [0.25, 0.3) is 0 Å². The van der Waals surface area contributed by atoms with E-state index < -0.39 is 0 Å². The van der Waals surface area contributed by atoms with Gasteiger partial charge in [0.1, 0.15) is 0 Å². The minimum Gasteiger partial charge on any atom is -0.375 e. The molecule has 5 heteroatoms. The SMILES string of the molecule is CC(C)c1ncc(-c2csc(N)n2)s1. The zero-order valence-electron chi connectivity index (χ0n) is 8.02. The van der Waals surface area contributed by atoms with E-state index in [4.69, 9.17) is 5.73 Å². The summed E-state index contributed by atoms with van der Waals surface area (Å²) in [6.07, 6.45) is 1.87. The first-order valence-electron chi connectivity index (χ1n) is 4.34. The summed E-state index contributed by atoms with van der Waals surface area (Å²) in [6, 6.07) is 0. The molecule has 2 aromatic heterocycles. The fraction of sp³-hybridized carbons (Fsp3) is 0.333. The molecule has 0 radical (unpaired) electrons. The summed E-state index contributed by atoms with van der Waals surface area (Å²) in [6.45, 7) is 4.27. The zero-order valence-corrected chi connectivity index (χ0v) is 9.65. The molecule has 0 aliphatic heterocycles. The van der Waals surface area contributed by atoms with E-state index in [1.165, 1.54) is 11.3 Å². The van der Waals surface area contributed by atoms with Gasteiger partial charge in [-0.2, -0.15) is 0 Å². The predicted molar refractivity (Wildman–Crippen MR) is 61.7 cm³/mol. The number of nitrogens with zero attached hydrogens (tertiary/aromatic N) is 2. The quantitative estimate of drug-likeness (QED) is 0.854. The van der Waals surface area contributed by atoms with Crippen molar-refractivity contribution in [1.82, 2.24) is 9.97 Å². The number of anilines is 1. The first kappa shape index (κ1) is 9.61. The molecule has 0 aromatic carbocycles. The van der Waals surface area contributed by atoms with Crippen molar-refractivity contribution in [2.75, 3.05) is 5.73 Å². The Morgan fingerprint density at radius 2 is 2.21 bits per heavy atom. The van der Waals surface area contributed by atoms with Crippen LogP contribution >= 0.6 is 22.7 Å². The number of rotatable bonds is 2. The van der Waals surface area contributed by atoms with E-state index in [-0.39, 0.29) is 0 Å². The second kappa shape index (κ2) is 3.67. The van der Waals surface area contributed by atoms with Crippen LogP contribution < -0.4 is 5.73 Å². The molecule has 0 bridgehead atoms. The topological polar surface area (TPSA) is 51.8 Å². The van der Waals surface area contributed by atoms with Crippen LogP contribution in [0, 0.1) is 0 Å². The van der Waals surface area contributed by atoms with Crippen LogP contribution in [0.3, 0.4) is 0 Å². The number of nitrogen functional groups attached to an aromatic ring is 1. The van der Waals surface area contributed by atoms with Crippen LogP contribution in [0.25, 0.3) is 10.6 Å². The number of thiazole rings is 2. The maximum absolute atomic E-state index is 5.57. The highest BCUT2D eigenvalue weighted by molar-refractivity contribution is 7.16. The molecule has 0 atom stereocenters. The Kier molecular flexibility index (Phi) is 2.52. The largest absolute Gasteiger partial charge is 0.375 e. The second-order valence-corrected chi connectivity index (χ2v) is 5.24. The molecule has 2 rings (SSSR count). The fourth-order valence-corrected chi connectivity index (χ4v) is 2.59. The fourth-order valence-electron chi connectivity index (χ4n) is 1.07. The summed E-state index contributed by atoms with van der Waals surface area (Å²) in [7, 11) is 0. The summed E-state index contributed by atoms with van der Waals surface area (Å²) >= 11 is 3.15. The molecule has 2 N–H and O–H groups in total. The Morgan fingerprint density at radius 1 is 1.43 bits per heavy atom. The molecule has 3 nitrogen and oxygen atoms in total. The first-order valence-corrected chi connectivity index (χ1v) is 6.03. The van der Waals surface area contributed by atoms with Crippen LogP contribution in [0.4, 0.5) is 5.13 Å². The molecule has 2 aromatic rings. The van der Waals surface area contributed by atoms with Gasteiger partial charge in [-0.25, -0.2) is 9.97 Å². The van der Waals surface area contributed by atoms with Crippen LogP contribution in [-0.2, 0) is 0 Å². The van der Waals surface area contributed by atoms with Gasteiger partial charge in [-0.3, -0.25) is 0 Å². The molecule has 0 aliphatic carbocycles. The van der Waals surface area contributed by atoms with Gasteiger partial charge in [0.2, 0.25) is 0 Å². The minimum absolute atomic E-state index is 0.477. The number of hydrogen-bond acceptors (Lipinski definition) is 5. The van der Waals surface area contributed by atoms with Crippen molar-refractivity contribution in [3.05, 3.63) is 16.6 Å². The molecule has 0 aliphatic rings. The second-order valence-electron chi connectivity index (χ2n) is 3.29. The maximum atomic E-state index is 5.57. The highest BCUT2D eigenvalue weighted by Crippen LogP contribution is 2.30. The summed E-state index contributed by atoms with van der Waals surface area (Å²) in [4.78, 5) is 9.66. The molecule has 0 spiro atoms. The van der Waals surface area contributed by atoms with Gasteiger partial charge < -0.3 is 5.73 Å². The summed E-state index contributed by atoms with van der Waals surface area (Å²) < 4.78 is 0. The normalized spacial score (nSPS) is 11.1. The Morgan fingerprint density at radius 3 is 2.71 bits per heavy atom. The third-order valence-electron chi connectivity index (χ3n) is 1.79. The van der Waals surface area contributed by atoms with E-state index in [9.17, 15) is 0 Å². The Balaban J connectivity index is 2.33.